The minimum Gasteiger partial charge on any atom is -0.469 e. The Hall–Kier alpha value is -3.72. The van der Waals surface area contributed by atoms with Gasteiger partial charge in [0.2, 0.25) is 5.78 Å². The lowest BCUT2D eigenvalue weighted by Crippen LogP contribution is -2.49. The fraction of sp³-hybridized carbons (Fsp3) is 0.419. The van der Waals surface area contributed by atoms with Crippen molar-refractivity contribution >= 4 is 29.1 Å². The third kappa shape index (κ3) is 7.91. The van der Waals surface area contributed by atoms with Gasteiger partial charge in [0.25, 0.3) is 11.1 Å². The highest BCUT2D eigenvalue weighted by Crippen LogP contribution is 2.42. The number of Topliss-reactive ketones (excluding diaryl/α,β-unsaturated/α-hetero) is 1. The maximum atomic E-state index is 13.0. The summed E-state index contributed by atoms with van der Waals surface area (Å²) in [6.07, 6.45) is 3.94. The van der Waals surface area contributed by atoms with E-state index in [-0.39, 0.29) is 18.1 Å². The number of nitrogens with zero attached hydrogens (tertiary/aromatic N) is 1. The largest absolute Gasteiger partial charge is 0.469 e. The van der Waals surface area contributed by atoms with Crippen LogP contribution >= 0.6 is 11.3 Å². The summed E-state index contributed by atoms with van der Waals surface area (Å²) < 4.78 is 11.6. The number of benzene rings is 2. The van der Waals surface area contributed by atoms with Gasteiger partial charge in [0.1, 0.15) is 12.6 Å². The highest BCUT2D eigenvalue weighted by molar-refractivity contribution is 7.11. The number of hydrogen-bond donors (Lipinski definition) is 2. The van der Waals surface area contributed by atoms with E-state index < -0.39 is 23.8 Å². The van der Waals surface area contributed by atoms with E-state index in [0.29, 0.717) is 24.6 Å². The Balaban J connectivity index is 1.28. The van der Waals surface area contributed by atoms with E-state index in [0.717, 1.165) is 42.5 Å². The number of aromatic nitrogens is 1. The molecule has 0 spiro atoms. The Kier molecular flexibility index (Phi) is 10.3. The highest BCUT2D eigenvalue weighted by atomic mass is 32.1. The molecule has 212 valence electrons. The van der Waals surface area contributed by atoms with Gasteiger partial charge >= 0.3 is 6.09 Å². The van der Waals surface area contributed by atoms with Crippen molar-refractivity contribution in [1.82, 2.24) is 15.6 Å². The normalized spacial score (nSPS) is 15.2. The number of alkyl carbamates (subject to hydrolysis) is 1. The van der Waals surface area contributed by atoms with E-state index in [1.165, 1.54) is 11.3 Å². The quantitative estimate of drug-likeness (QED) is 0.230. The van der Waals surface area contributed by atoms with Crippen LogP contribution in [-0.4, -0.2) is 42.0 Å². The Bertz CT molecular complexity index is 1260. The zero-order valence-electron chi connectivity index (χ0n) is 23.1. The molecule has 2 amide bonds. The molecule has 2 N–H and O–H groups in total. The van der Waals surface area contributed by atoms with Crippen LogP contribution in [-0.2, 0) is 14.3 Å². The number of amides is 2. The Labute approximate surface area is 239 Å². The maximum absolute atomic E-state index is 13.0. The Morgan fingerprint density at radius 3 is 2.35 bits per heavy atom. The molecule has 1 saturated carbocycles. The molecule has 8 nitrogen and oxygen atoms in total. The van der Waals surface area contributed by atoms with Gasteiger partial charge in [0.15, 0.2) is 0 Å². The number of thiazole rings is 1. The van der Waals surface area contributed by atoms with Crippen LogP contribution in [0.5, 0.6) is 5.19 Å². The van der Waals surface area contributed by atoms with Crippen molar-refractivity contribution in [3.63, 3.8) is 0 Å². The molecule has 4 rings (SSSR count). The second-order valence-electron chi connectivity index (χ2n) is 10.4. The average Bonchev–Trinajstić information content (AvgIpc) is 3.44. The van der Waals surface area contributed by atoms with E-state index in [1.54, 1.807) is 0 Å². The Morgan fingerprint density at radius 2 is 1.70 bits per heavy atom. The van der Waals surface area contributed by atoms with Gasteiger partial charge in [-0.25, -0.2) is 9.78 Å². The van der Waals surface area contributed by atoms with Gasteiger partial charge in [-0.2, -0.15) is 0 Å². The molecule has 0 radical (unpaired) electrons. The van der Waals surface area contributed by atoms with Crippen molar-refractivity contribution in [2.24, 2.45) is 5.41 Å². The summed E-state index contributed by atoms with van der Waals surface area (Å²) in [5, 5.41) is 7.93. The van der Waals surface area contributed by atoms with Crippen molar-refractivity contribution < 1.29 is 23.9 Å². The molecule has 0 aliphatic heterocycles. The number of unbranched alkanes of at least 4 members (excludes halogenated alkanes) is 1. The van der Waals surface area contributed by atoms with E-state index in [9.17, 15) is 14.4 Å². The fourth-order valence-electron chi connectivity index (χ4n) is 4.62. The lowest BCUT2D eigenvalue weighted by molar-refractivity contribution is -0.139. The van der Waals surface area contributed by atoms with Crippen LogP contribution in [0.2, 0.25) is 0 Å². The van der Waals surface area contributed by atoms with Crippen LogP contribution in [0.3, 0.4) is 0 Å². The number of hydrogen-bond acceptors (Lipinski definition) is 7. The molecular weight excluding hydrogens is 526 g/mol. The van der Waals surface area contributed by atoms with Gasteiger partial charge in [-0.3, -0.25) is 9.59 Å². The molecule has 0 bridgehead atoms. The summed E-state index contributed by atoms with van der Waals surface area (Å²) >= 11 is 1.44. The number of nitrogens with one attached hydrogen (secondary N) is 2. The maximum Gasteiger partial charge on any atom is 0.407 e. The first-order chi connectivity index (χ1) is 19.4. The van der Waals surface area contributed by atoms with Crippen molar-refractivity contribution in [2.45, 2.75) is 64.5 Å². The fourth-order valence-corrected chi connectivity index (χ4v) is 5.30. The number of carbonyl (C=O) groups excluding carboxylic acids is 3. The van der Waals surface area contributed by atoms with Crippen molar-refractivity contribution in [2.75, 3.05) is 13.2 Å². The molecule has 1 fully saturated rings. The van der Waals surface area contributed by atoms with E-state index in [4.69, 9.17) is 9.47 Å². The number of carbonyl (C=O) groups is 3. The van der Waals surface area contributed by atoms with Gasteiger partial charge in [-0.05, 0) is 31.7 Å². The first-order valence-corrected chi connectivity index (χ1v) is 14.7. The molecule has 0 saturated heterocycles. The molecule has 3 aromatic rings. The lowest BCUT2D eigenvalue weighted by Gasteiger charge is -2.40. The monoisotopic (exact) mass is 563 g/mol. The summed E-state index contributed by atoms with van der Waals surface area (Å²) in [6.45, 7) is 4.36. The zero-order chi connectivity index (χ0) is 28.4. The number of rotatable bonds is 14. The van der Waals surface area contributed by atoms with Crippen molar-refractivity contribution in [1.29, 1.82) is 0 Å². The molecule has 1 aliphatic rings. The molecule has 1 aliphatic carbocycles. The van der Waals surface area contributed by atoms with E-state index >= 15 is 0 Å². The summed E-state index contributed by atoms with van der Waals surface area (Å²) in [5.74, 6) is -1.40. The van der Waals surface area contributed by atoms with Gasteiger partial charge in [0.05, 0.1) is 18.3 Å². The predicted octanol–water partition coefficient (Wildman–Crippen LogP) is 6.09. The van der Waals surface area contributed by atoms with Crippen LogP contribution < -0.4 is 15.4 Å². The molecule has 40 heavy (non-hydrogen) atoms. The number of ketones is 1. The van der Waals surface area contributed by atoms with Crippen LogP contribution in [0.25, 0.3) is 11.3 Å². The highest BCUT2D eigenvalue weighted by Gasteiger charge is 2.40. The average molecular weight is 564 g/mol. The molecule has 9 heteroatoms. The van der Waals surface area contributed by atoms with E-state index in [2.05, 4.69) is 15.6 Å². The smallest absolute Gasteiger partial charge is 0.407 e. The second kappa shape index (κ2) is 14.1. The summed E-state index contributed by atoms with van der Waals surface area (Å²) in [7, 11) is 0. The standard InChI is InChI=1S/C31H37N3O5S/c1-3-4-16-25(27(35)28(36)32-22(2)23-12-7-5-8-13-23)33-29(37)38-20-31(17-11-18-31)21-39-30-34-26(19-40-30)24-14-9-6-10-15-24/h5-10,12-15,19,22,25H,3-4,11,16-18,20-21H2,1-2H3,(H,32,36)(H,33,37)/t22-,25+/m1/s1. The first kappa shape index (κ1) is 29.3. The first-order valence-electron chi connectivity index (χ1n) is 13.9. The summed E-state index contributed by atoms with van der Waals surface area (Å²) in [4.78, 5) is 43.0. The summed E-state index contributed by atoms with van der Waals surface area (Å²) in [5.41, 5.74) is 2.50. The zero-order valence-corrected chi connectivity index (χ0v) is 23.9. The minimum absolute atomic E-state index is 0.168. The van der Waals surface area contributed by atoms with Gasteiger partial charge in [-0.1, -0.05) is 98.2 Å². The number of ether oxygens (including phenoxy) is 2. The topological polar surface area (TPSA) is 107 Å². The van der Waals surface area contributed by atoms with Crippen LogP contribution in [0.4, 0.5) is 4.79 Å². The van der Waals surface area contributed by atoms with Crippen molar-refractivity contribution in [3.05, 3.63) is 71.6 Å². The second-order valence-corrected chi connectivity index (χ2v) is 11.2. The van der Waals surface area contributed by atoms with Crippen LogP contribution in [0, 0.1) is 5.41 Å². The predicted molar refractivity (Wildman–Crippen MR) is 155 cm³/mol. The molecule has 0 unspecified atom stereocenters. The molecule has 2 atom stereocenters. The third-order valence-corrected chi connectivity index (χ3v) is 8.06. The molecule has 1 aromatic heterocycles. The lowest BCUT2D eigenvalue weighted by atomic mass is 9.70. The SMILES string of the molecule is CCCC[C@H](NC(=O)OCC1(COc2nc(-c3ccccc3)cs2)CCC1)C(=O)C(=O)N[C@H](C)c1ccccc1. The molecule has 1 heterocycles. The summed E-state index contributed by atoms with van der Waals surface area (Å²) in [6, 6.07) is 18.0. The van der Waals surface area contributed by atoms with Gasteiger partial charge < -0.3 is 20.1 Å². The van der Waals surface area contributed by atoms with E-state index in [1.807, 2.05) is 79.9 Å². The third-order valence-electron chi connectivity index (χ3n) is 7.30. The van der Waals surface area contributed by atoms with Gasteiger partial charge in [0, 0.05) is 16.4 Å². The van der Waals surface area contributed by atoms with Gasteiger partial charge in [-0.15, -0.1) is 0 Å². The van der Waals surface area contributed by atoms with Crippen LogP contribution in [0.15, 0.2) is 66.0 Å². The minimum atomic E-state index is -0.948. The molecule has 2 aromatic carbocycles. The Morgan fingerprint density at radius 1 is 1.00 bits per heavy atom. The van der Waals surface area contributed by atoms with Crippen molar-refractivity contribution in [3.8, 4) is 16.5 Å². The van der Waals surface area contributed by atoms with Crippen LogP contribution in [0.1, 0.15) is 64.0 Å². The molecular formula is C31H37N3O5S.